The van der Waals surface area contributed by atoms with Crippen LogP contribution in [0.4, 0.5) is 0 Å². The molecule has 0 aromatic heterocycles. The maximum atomic E-state index is 11.2. The monoisotopic (exact) mass is 297 g/mol. The Kier molecular flexibility index (Phi) is 8.13. The van der Waals surface area contributed by atoms with E-state index in [0.717, 1.165) is 0 Å². The average Bonchev–Trinajstić information content (AvgIpc) is 2.14. The van der Waals surface area contributed by atoms with Gasteiger partial charge in [-0.2, -0.15) is 8.42 Å². The van der Waals surface area contributed by atoms with E-state index in [1.165, 1.54) is 6.92 Å². The van der Waals surface area contributed by atoms with Crippen LogP contribution in [0.3, 0.4) is 0 Å². The van der Waals surface area contributed by atoms with Crippen molar-refractivity contribution in [2.45, 2.75) is 25.6 Å². The number of esters is 1. The topological polar surface area (TPSA) is 111 Å². The average molecular weight is 297 g/mol. The molecule has 0 saturated heterocycles. The molecular formula is C11H23NO6S. The summed E-state index contributed by atoms with van der Waals surface area (Å²) < 4.78 is 36.6. The van der Waals surface area contributed by atoms with Crippen LogP contribution in [0.15, 0.2) is 12.2 Å². The molecule has 0 aliphatic heterocycles. The van der Waals surface area contributed by atoms with E-state index < -0.39 is 21.5 Å². The second-order valence-corrected chi connectivity index (χ2v) is 6.37. The first-order valence-corrected chi connectivity index (χ1v) is 7.14. The van der Waals surface area contributed by atoms with E-state index in [4.69, 9.17) is 9.29 Å². The van der Waals surface area contributed by atoms with Crippen molar-refractivity contribution in [2.24, 2.45) is 0 Å². The maximum Gasteiger partial charge on any atom is 0.333 e. The zero-order valence-corrected chi connectivity index (χ0v) is 12.6. The molecule has 0 aliphatic rings. The summed E-state index contributed by atoms with van der Waals surface area (Å²) >= 11 is 0. The summed E-state index contributed by atoms with van der Waals surface area (Å²) in [5.74, 6) is -0.505. The number of carbonyl (C=O) groups is 1. The highest BCUT2D eigenvalue weighted by Gasteiger charge is 2.37. The highest BCUT2D eigenvalue weighted by Crippen LogP contribution is 2.15. The van der Waals surface area contributed by atoms with Crippen LogP contribution in [-0.4, -0.2) is 61.5 Å². The first-order chi connectivity index (χ1) is 8.02. The van der Waals surface area contributed by atoms with Crippen LogP contribution in [0.25, 0.3) is 0 Å². The molecule has 1 atom stereocenters. The fraction of sp³-hybridized carbons (Fsp3) is 0.727. The van der Waals surface area contributed by atoms with Crippen molar-refractivity contribution in [1.29, 1.82) is 0 Å². The highest BCUT2D eigenvalue weighted by molar-refractivity contribution is 7.86. The SMILES string of the molecule is C=C(C)C(=O)OCC[N+](C)(C)C(CC)S(=O)(=O)O.[OH-]. The summed E-state index contributed by atoms with van der Waals surface area (Å²) in [6, 6.07) is 0. The van der Waals surface area contributed by atoms with E-state index in [-0.39, 0.29) is 29.5 Å². The van der Waals surface area contributed by atoms with Crippen molar-refractivity contribution in [3.8, 4) is 0 Å². The molecule has 0 bridgehead atoms. The molecule has 19 heavy (non-hydrogen) atoms. The molecule has 0 spiro atoms. The Bertz CT molecular complexity index is 415. The quantitative estimate of drug-likeness (QED) is 0.319. The Labute approximate surface area is 114 Å². The lowest BCUT2D eigenvalue weighted by Crippen LogP contribution is -2.54. The fourth-order valence-electron chi connectivity index (χ4n) is 1.71. The Morgan fingerprint density at radius 2 is 1.89 bits per heavy atom. The molecule has 1 unspecified atom stereocenters. The lowest BCUT2D eigenvalue weighted by atomic mass is 10.3. The number of ether oxygens (including phenoxy) is 1. The van der Waals surface area contributed by atoms with Crippen LogP contribution in [0.5, 0.6) is 0 Å². The van der Waals surface area contributed by atoms with Gasteiger partial charge in [-0.3, -0.25) is 4.55 Å². The van der Waals surface area contributed by atoms with Crippen molar-refractivity contribution < 1.29 is 32.5 Å². The Morgan fingerprint density at radius 1 is 1.42 bits per heavy atom. The maximum absolute atomic E-state index is 11.2. The minimum atomic E-state index is -4.13. The number of quaternary nitrogens is 1. The molecule has 0 aromatic carbocycles. The van der Waals surface area contributed by atoms with Gasteiger partial charge in [-0.25, -0.2) is 4.79 Å². The normalized spacial score (nSPS) is 13.3. The Hall–Kier alpha value is -0.960. The lowest BCUT2D eigenvalue weighted by molar-refractivity contribution is -0.901. The van der Waals surface area contributed by atoms with Gasteiger partial charge in [-0.05, 0) is 6.92 Å². The summed E-state index contributed by atoms with van der Waals surface area (Å²) in [5.41, 5.74) is 0.294. The first-order valence-electron chi connectivity index (χ1n) is 5.64. The minimum absolute atomic E-state index is 0. The molecule has 0 radical (unpaired) electrons. The third-order valence-electron chi connectivity index (χ3n) is 2.72. The lowest BCUT2D eigenvalue weighted by Gasteiger charge is -2.35. The smallest absolute Gasteiger partial charge is 0.333 e. The van der Waals surface area contributed by atoms with Gasteiger partial charge in [0.05, 0.1) is 14.1 Å². The standard InChI is InChI=1S/C11H21NO5S.H2O/c1-6-10(18(14,15)16)12(4,5)7-8-17-11(13)9(2)3;/h10H,2,6-8H2,1,3-5H3;1H2. The van der Waals surface area contributed by atoms with Crippen LogP contribution in [-0.2, 0) is 19.6 Å². The molecule has 0 amide bonds. The van der Waals surface area contributed by atoms with Crippen LogP contribution in [0.2, 0.25) is 0 Å². The Balaban J connectivity index is 0. The second kappa shape index (κ2) is 7.59. The van der Waals surface area contributed by atoms with Gasteiger partial charge < -0.3 is 14.7 Å². The number of hydrogen-bond acceptors (Lipinski definition) is 5. The van der Waals surface area contributed by atoms with Crippen molar-refractivity contribution >= 4 is 16.1 Å². The number of carbonyl (C=O) groups excluding carboxylic acids is 1. The van der Waals surface area contributed by atoms with Crippen molar-refractivity contribution in [2.75, 3.05) is 27.2 Å². The zero-order valence-electron chi connectivity index (χ0n) is 11.8. The number of rotatable bonds is 7. The van der Waals surface area contributed by atoms with Gasteiger partial charge in [-0.15, -0.1) is 0 Å². The summed E-state index contributed by atoms with van der Waals surface area (Å²) in [6.45, 7) is 7.02. The molecule has 0 aromatic rings. The van der Waals surface area contributed by atoms with E-state index in [2.05, 4.69) is 6.58 Å². The van der Waals surface area contributed by atoms with E-state index in [0.29, 0.717) is 5.57 Å². The van der Waals surface area contributed by atoms with Gasteiger partial charge >= 0.3 is 16.1 Å². The molecule has 0 aliphatic carbocycles. The summed E-state index contributed by atoms with van der Waals surface area (Å²) in [4.78, 5) is 11.2. The largest absolute Gasteiger partial charge is 0.870 e. The predicted molar refractivity (Wildman–Crippen MR) is 70.3 cm³/mol. The molecule has 8 heteroatoms. The Morgan fingerprint density at radius 3 is 2.21 bits per heavy atom. The van der Waals surface area contributed by atoms with Crippen LogP contribution < -0.4 is 0 Å². The summed E-state index contributed by atoms with van der Waals surface area (Å²) in [5, 5.41) is -0.930. The second-order valence-electron chi connectivity index (χ2n) is 4.80. The van der Waals surface area contributed by atoms with E-state index in [9.17, 15) is 13.2 Å². The zero-order chi connectivity index (χ0) is 14.6. The van der Waals surface area contributed by atoms with E-state index in [1.54, 1.807) is 21.0 Å². The molecule has 0 saturated carbocycles. The van der Waals surface area contributed by atoms with E-state index >= 15 is 0 Å². The van der Waals surface area contributed by atoms with Crippen molar-refractivity contribution in [1.82, 2.24) is 0 Å². The third kappa shape index (κ3) is 6.67. The van der Waals surface area contributed by atoms with Crippen LogP contribution >= 0.6 is 0 Å². The van der Waals surface area contributed by atoms with Gasteiger partial charge in [-0.1, -0.05) is 13.5 Å². The van der Waals surface area contributed by atoms with Crippen LogP contribution in [0.1, 0.15) is 20.3 Å². The molecule has 0 heterocycles. The summed E-state index contributed by atoms with van der Waals surface area (Å²) in [6.07, 6.45) is 0.278. The molecule has 114 valence electrons. The molecule has 0 rings (SSSR count). The van der Waals surface area contributed by atoms with Crippen LogP contribution in [0, 0.1) is 0 Å². The van der Waals surface area contributed by atoms with Gasteiger partial charge in [0.25, 0.3) is 0 Å². The van der Waals surface area contributed by atoms with Gasteiger partial charge in [0.1, 0.15) is 13.2 Å². The van der Waals surface area contributed by atoms with Crippen molar-refractivity contribution in [3.63, 3.8) is 0 Å². The number of nitrogens with zero attached hydrogens (tertiary/aromatic N) is 1. The van der Waals surface area contributed by atoms with Gasteiger partial charge in [0.2, 0.25) is 5.37 Å². The molecule has 2 N–H and O–H groups in total. The van der Waals surface area contributed by atoms with Crippen molar-refractivity contribution in [3.05, 3.63) is 12.2 Å². The fourth-order valence-corrected chi connectivity index (χ4v) is 2.95. The highest BCUT2D eigenvalue weighted by atomic mass is 32.2. The van der Waals surface area contributed by atoms with E-state index in [1.807, 2.05) is 0 Å². The summed E-state index contributed by atoms with van der Waals surface area (Å²) in [7, 11) is -0.799. The predicted octanol–water partition coefficient (Wildman–Crippen LogP) is 0.629. The minimum Gasteiger partial charge on any atom is -0.870 e. The first kappa shape index (κ1) is 20.4. The molecular weight excluding hydrogens is 274 g/mol. The molecule has 0 fully saturated rings. The third-order valence-corrected chi connectivity index (χ3v) is 4.31. The van der Waals surface area contributed by atoms with Gasteiger partial charge in [0, 0.05) is 12.0 Å². The number of hydrogen-bond donors (Lipinski definition) is 1. The van der Waals surface area contributed by atoms with Gasteiger partial charge in [0.15, 0.2) is 0 Å². The number of likely N-dealkylation sites (N-methyl/N-ethyl adjacent to an activating group) is 1. The molecule has 7 nitrogen and oxygen atoms in total.